The predicted octanol–water partition coefficient (Wildman–Crippen LogP) is -1.00. The van der Waals surface area contributed by atoms with Gasteiger partial charge < -0.3 is 10.2 Å². The van der Waals surface area contributed by atoms with Crippen LogP contribution in [0.4, 0.5) is 11.5 Å². The number of aromatic nitrogens is 2. The van der Waals surface area contributed by atoms with E-state index in [1.807, 2.05) is 0 Å². The lowest BCUT2D eigenvalue weighted by Crippen LogP contribution is -2.40. The molecular weight excluding hydrogens is 208 g/mol. The Morgan fingerprint density at radius 3 is 2.75 bits per heavy atom. The highest BCUT2D eigenvalue weighted by atomic mass is 16.2. The van der Waals surface area contributed by atoms with Gasteiger partial charge in [0.1, 0.15) is 11.5 Å². The molecule has 6 heteroatoms. The fraction of sp³-hybridized carbons (Fsp3) is 0.400. The van der Waals surface area contributed by atoms with Crippen molar-refractivity contribution >= 4 is 11.5 Å². The van der Waals surface area contributed by atoms with Gasteiger partial charge in [0.15, 0.2) is 0 Å². The summed E-state index contributed by atoms with van der Waals surface area (Å²) in [5, 5.41) is 2.99. The molecule has 16 heavy (non-hydrogen) atoms. The Hall–Kier alpha value is -2.16. The van der Waals surface area contributed by atoms with Crippen LogP contribution in [0.3, 0.4) is 0 Å². The van der Waals surface area contributed by atoms with E-state index >= 15 is 0 Å². The summed E-state index contributed by atoms with van der Waals surface area (Å²) in [5.74, 6) is 2.86. The Morgan fingerprint density at radius 1 is 1.44 bits per heavy atom. The van der Waals surface area contributed by atoms with Crippen LogP contribution in [0, 0.1) is 12.3 Å². The van der Waals surface area contributed by atoms with E-state index in [9.17, 15) is 9.59 Å². The first-order valence-corrected chi connectivity index (χ1v) is 4.80. The maximum atomic E-state index is 12.0. The molecule has 2 rings (SSSR count). The van der Waals surface area contributed by atoms with Crippen LogP contribution in [0.2, 0.25) is 0 Å². The summed E-state index contributed by atoms with van der Waals surface area (Å²) >= 11 is 0. The second-order valence-electron chi connectivity index (χ2n) is 3.67. The minimum atomic E-state index is -0.399. The van der Waals surface area contributed by atoms with Gasteiger partial charge in [-0.3, -0.25) is 9.36 Å². The molecule has 0 atom stereocenters. The highest BCUT2D eigenvalue weighted by molar-refractivity contribution is 5.69. The molecule has 0 spiro atoms. The van der Waals surface area contributed by atoms with Crippen LogP contribution in [-0.2, 0) is 13.6 Å². The number of terminal acetylenes is 1. The fourth-order valence-corrected chi connectivity index (χ4v) is 1.80. The molecule has 1 aliphatic heterocycles. The van der Waals surface area contributed by atoms with E-state index in [2.05, 4.69) is 11.2 Å². The maximum absolute atomic E-state index is 12.0. The molecule has 0 amide bonds. The van der Waals surface area contributed by atoms with Gasteiger partial charge in [-0.2, -0.15) is 0 Å². The molecule has 0 radical (unpaired) electrons. The molecule has 0 bridgehead atoms. The molecule has 0 aromatic carbocycles. The minimum Gasteiger partial charge on any atom is -0.352 e. The third-order valence-corrected chi connectivity index (χ3v) is 2.64. The Morgan fingerprint density at radius 2 is 2.12 bits per heavy atom. The Labute approximate surface area is 92.1 Å². The van der Waals surface area contributed by atoms with E-state index in [1.54, 1.807) is 19.0 Å². The van der Waals surface area contributed by atoms with Crippen molar-refractivity contribution in [3.05, 3.63) is 20.8 Å². The van der Waals surface area contributed by atoms with Gasteiger partial charge in [0.05, 0.1) is 13.2 Å². The van der Waals surface area contributed by atoms with Gasteiger partial charge in [0, 0.05) is 14.1 Å². The summed E-state index contributed by atoms with van der Waals surface area (Å²) in [6.07, 6.45) is 5.14. The number of rotatable bonds is 1. The van der Waals surface area contributed by atoms with Crippen LogP contribution in [0.1, 0.15) is 0 Å². The van der Waals surface area contributed by atoms with Crippen molar-refractivity contribution in [3.8, 4) is 12.3 Å². The summed E-state index contributed by atoms with van der Waals surface area (Å²) in [7, 11) is 3.39. The summed E-state index contributed by atoms with van der Waals surface area (Å²) in [5.41, 5.74) is -0.259. The SMILES string of the molecule is C#CCn1c(=O)c2c(n(C)c1=O)NCN2C. The second-order valence-corrected chi connectivity index (χ2v) is 3.67. The lowest BCUT2D eigenvalue weighted by molar-refractivity contribution is 0.666. The Kier molecular flexibility index (Phi) is 2.23. The van der Waals surface area contributed by atoms with Gasteiger partial charge in [0.2, 0.25) is 0 Å². The Bertz CT molecular complexity index is 591. The maximum Gasteiger partial charge on any atom is 0.333 e. The molecule has 1 aromatic heterocycles. The van der Waals surface area contributed by atoms with Gasteiger partial charge in [-0.05, 0) is 0 Å². The number of nitrogens with zero attached hydrogens (tertiary/aromatic N) is 3. The van der Waals surface area contributed by atoms with Crippen LogP contribution in [-0.4, -0.2) is 22.9 Å². The second kappa shape index (κ2) is 3.45. The monoisotopic (exact) mass is 220 g/mol. The Balaban J connectivity index is 2.83. The first kappa shape index (κ1) is 10.4. The van der Waals surface area contributed by atoms with Crippen LogP contribution >= 0.6 is 0 Å². The summed E-state index contributed by atoms with van der Waals surface area (Å²) in [6, 6.07) is 0. The average molecular weight is 220 g/mol. The molecule has 0 saturated heterocycles. The number of hydrogen-bond donors (Lipinski definition) is 1. The van der Waals surface area contributed by atoms with Crippen molar-refractivity contribution in [1.29, 1.82) is 0 Å². The highest BCUT2D eigenvalue weighted by Crippen LogP contribution is 2.23. The van der Waals surface area contributed by atoms with Gasteiger partial charge in [-0.1, -0.05) is 5.92 Å². The van der Waals surface area contributed by atoms with Crippen molar-refractivity contribution in [2.45, 2.75) is 6.54 Å². The molecule has 2 heterocycles. The van der Waals surface area contributed by atoms with E-state index < -0.39 is 5.69 Å². The van der Waals surface area contributed by atoms with Crippen molar-refractivity contribution in [3.63, 3.8) is 0 Å². The number of hydrogen-bond acceptors (Lipinski definition) is 4. The normalized spacial score (nSPS) is 13.2. The zero-order valence-corrected chi connectivity index (χ0v) is 9.15. The summed E-state index contributed by atoms with van der Waals surface area (Å²) in [4.78, 5) is 25.6. The molecule has 0 fully saturated rings. The van der Waals surface area contributed by atoms with E-state index in [0.717, 1.165) is 4.57 Å². The zero-order chi connectivity index (χ0) is 11.9. The standard InChI is InChI=1S/C10H12N4O2/c1-4-5-14-9(15)7-8(11-6-12(7)2)13(3)10(14)16/h1,11H,5-6H2,2-3H3. The lowest BCUT2D eigenvalue weighted by Gasteiger charge is -2.12. The van der Waals surface area contributed by atoms with E-state index in [1.165, 1.54) is 4.57 Å². The first-order valence-electron chi connectivity index (χ1n) is 4.80. The van der Waals surface area contributed by atoms with E-state index in [4.69, 9.17) is 6.42 Å². The van der Waals surface area contributed by atoms with E-state index in [0.29, 0.717) is 18.2 Å². The van der Waals surface area contributed by atoms with E-state index in [-0.39, 0.29) is 12.1 Å². The molecule has 1 N–H and O–H groups in total. The van der Waals surface area contributed by atoms with Crippen molar-refractivity contribution in [2.24, 2.45) is 7.05 Å². The van der Waals surface area contributed by atoms with Crippen LogP contribution in [0.25, 0.3) is 0 Å². The van der Waals surface area contributed by atoms with Crippen molar-refractivity contribution in [1.82, 2.24) is 9.13 Å². The highest BCUT2D eigenvalue weighted by Gasteiger charge is 2.24. The molecule has 1 aliphatic rings. The number of fused-ring (bicyclic) bond motifs is 1. The smallest absolute Gasteiger partial charge is 0.333 e. The molecule has 0 unspecified atom stereocenters. The van der Waals surface area contributed by atoms with Gasteiger partial charge in [0.25, 0.3) is 5.56 Å². The molecule has 84 valence electrons. The molecule has 0 aliphatic carbocycles. The quantitative estimate of drug-likeness (QED) is 0.617. The largest absolute Gasteiger partial charge is 0.352 e. The van der Waals surface area contributed by atoms with Crippen LogP contribution in [0.15, 0.2) is 9.59 Å². The van der Waals surface area contributed by atoms with Gasteiger partial charge in [-0.15, -0.1) is 6.42 Å². The fourth-order valence-electron chi connectivity index (χ4n) is 1.80. The molecule has 1 aromatic rings. The van der Waals surface area contributed by atoms with Gasteiger partial charge >= 0.3 is 5.69 Å². The minimum absolute atomic E-state index is 0.00731. The third kappa shape index (κ3) is 1.21. The van der Waals surface area contributed by atoms with Crippen molar-refractivity contribution in [2.75, 3.05) is 23.9 Å². The van der Waals surface area contributed by atoms with Crippen LogP contribution < -0.4 is 21.5 Å². The topological polar surface area (TPSA) is 59.3 Å². The number of anilines is 2. The van der Waals surface area contributed by atoms with Crippen LogP contribution in [0.5, 0.6) is 0 Å². The van der Waals surface area contributed by atoms with Crippen molar-refractivity contribution < 1.29 is 0 Å². The average Bonchev–Trinajstić information content (AvgIpc) is 2.64. The predicted molar refractivity (Wildman–Crippen MR) is 61.7 cm³/mol. The zero-order valence-electron chi connectivity index (χ0n) is 9.15. The first-order chi connectivity index (χ1) is 7.57. The van der Waals surface area contributed by atoms with Gasteiger partial charge in [-0.25, -0.2) is 9.36 Å². The molecule has 0 saturated carbocycles. The molecular formula is C10H12N4O2. The third-order valence-electron chi connectivity index (χ3n) is 2.64. The molecule has 6 nitrogen and oxygen atoms in total. The summed E-state index contributed by atoms with van der Waals surface area (Å²) < 4.78 is 2.46. The lowest BCUT2D eigenvalue weighted by atomic mass is 10.4. The summed E-state index contributed by atoms with van der Waals surface area (Å²) in [6.45, 7) is 0.505. The number of nitrogens with one attached hydrogen (secondary N) is 1.